The third-order valence-corrected chi connectivity index (χ3v) is 10.8. The number of anilines is 1. The Balaban J connectivity index is 1.28. The van der Waals surface area contributed by atoms with E-state index in [2.05, 4.69) is 10.2 Å². The van der Waals surface area contributed by atoms with E-state index >= 15 is 0 Å². The molecule has 2 aliphatic rings. The first-order valence-electron chi connectivity index (χ1n) is 16.0. The summed E-state index contributed by atoms with van der Waals surface area (Å²) in [5.41, 5.74) is 3.70. The maximum atomic E-state index is 13.9. The fraction of sp³-hybridized carbons (Fsp3) is 0.211. The zero-order valence-electron chi connectivity index (χ0n) is 27.2. The monoisotopic (exact) mass is 725 g/mol. The molecule has 0 saturated carbocycles. The number of ether oxygens (including phenoxy) is 3. The van der Waals surface area contributed by atoms with Gasteiger partial charge in [-0.25, -0.2) is 0 Å². The highest BCUT2D eigenvalue weighted by Crippen LogP contribution is 2.46. The number of aliphatic hydroxyl groups excluding tert-OH is 1. The number of thioether (sulfide) groups is 1. The molecule has 1 aromatic heterocycles. The molecule has 12 heteroatoms. The van der Waals surface area contributed by atoms with E-state index in [1.165, 1.54) is 28.0 Å². The van der Waals surface area contributed by atoms with Crippen LogP contribution in [0.5, 0.6) is 17.2 Å². The van der Waals surface area contributed by atoms with Gasteiger partial charge in [0.15, 0.2) is 15.8 Å². The van der Waals surface area contributed by atoms with Crippen molar-refractivity contribution < 1.29 is 28.9 Å². The highest BCUT2D eigenvalue weighted by Gasteiger charge is 2.48. The van der Waals surface area contributed by atoms with Gasteiger partial charge < -0.3 is 19.3 Å². The van der Waals surface area contributed by atoms with E-state index in [1.54, 1.807) is 36.4 Å². The molecule has 50 heavy (non-hydrogen) atoms. The van der Waals surface area contributed by atoms with Gasteiger partial charge in [-0.2, -0.15) is 0 Å². The molecular formula is C38H32ClN3O6S2. The maximum Gasteiger partial charge on any atom is 0.301 e. The number of halogens is 1. The zero-order valence-corrected chi connectivity index (χ0v) is 29.6. The van der Waals surface area contributed by atoms with Gasteiger partial charge in [0.1, 0.15) is 24.2 Å². The van der Waals surface area contributed by atoms with E-state index in [0.717, 1.165) is 22.4 Å². The lowest BCUT2D eigenvalue weighted by Crippen LogP contribution is -2.29. The maximum absolute atomic E-state index is 13.9. The van der Waals surface area contributed by atoms with E-state index in [-0.39, 0.29) is 22.6 Å². The summed E-state index contributed by atoms with van der Waals surface area (Å²) in [6.07, 6.45) is 0.658. The first-order valence-corrected chi connectivity index (χ1v) is 18.2. The zero-order chi connectivity index (χ0) is 34.8. The quantitative estimate of drug-likeness (QED) is 0.0472. The van der Waals surface area contributed by atoms with Gasteiger partial charge in [-0.15, -0.1) is 10.2 Å². The van der Waals surface area contributed by atoms with Crippen LogP contribution in [0.1, 0.15) is 47.7 Å². The molecule has 1 N–H and O–H groups in total. The average molecular weight is 726 g/mol. The Morgan fingerprint density at radius 3 is 2.60 bits per heavy atom. The molecule has 7 rings (SSSR count). The predicted octanol–water partition coefficient (Wildman–Crippen LogP) is 8.41. The van der Waals surface area contributed by atoms with Crippen molar-refractivity contribution in [3.63, 3.8) is 0 Å². The lowest BCUT2D eigenvalue weighted by molar-refractivity contribution is -0.132. The van der Waals surface area contributed by atoms with Crippen LogP contribution in [-0.2, 0) is 28.4 Å². The minimum atomic E-state index is -1.03. The summed E-state index contributed by atoms with van der Waals surface area (Å²) in [5.74, 6) is 0.255. The molecule has 0 spiro atoms. The number of rotatable bonds is 11. The first kappa shape index (κ1) is 33.6. The summed E-state index contributed by atoms with van der Waals surface area (Å²) in [6, 6.07) is 26.8. The largest absolute Gasteiger partial charge is 0.507 e. The van der Waals surface area contributed by atoms with Gasteiger partial charge in [0.25, 0.3) is 5.78 Å². The van der Waals surface area contributed by atoms with Crippen molar-refractivity contribution in [2.45, 2.75) is 49.1 Å². The fourth-order valence-electron chi connectivity index (χ4n) is 6.00. The molecule has 3 heterocycles. The van der Waals surface area contributed by atoms with Gasteiger partial charge in [-0.3, -0.25) is 14.5 Å². The van der Waals surface area contributed by atoms with Crippen LogP contribution < -0.4 is 19.1 Å². The number of carbonyl (C=O) groups is 2. The smallest absolute Gasteiger partial charge is 0.301 e. The second-order valence-corrected chi connectivity index (χ2v) is 14.4. The molecule has 4 aromatic carbocycles. The van der Waals surface area contributed by atoms with Gasteiger partial charge in [0, 0.05) is 22.8 Å². The molecule has 254 valence electrons. The number of amides is 1. The Labute approximate surface area is 302 Å². The Morgan fingerprint density at radius 1 is 1.00 bits per heavy atom. The molecule has 0 radical (unpaired) electrons. The second-order valence-electron chi connectivity index (χ2n) is 11.8. The number of nitrogens with zero attached hydrogens (tertiary/aromatic N) is 3. The molecule has 1 saturated heterocycles. The number of hydrogen-bond acceptors (Lipinski definition) is 10. The van der Waals surface area contributed by atoms with E-state index in [1.807, 2.05) is 68.4 Å². The van der Waals surface area contributed by atoms with Gasteiger partial charge in [-0.05, 0) is 72.5 Å². The lowest BCUT2D eigenvalue weighted by Gasteiger charge is -2.24. The van der Waals surface area contributed by atoms with Crippen LogP contribution in [0.4, 0.5) is 5.13 Å². The summed E-state index contributed by atoms with van der Waals surface area (Å²) >= 11 is 8.97. The number of Topliss-reactive ketones (excluding diaryl/α,β-unsaturated/α-hetero) is 1. The van der Waals surface area contributed by atoms with Crippen LogP contribution in [0.25, 0.3) is 5.76 Å². The molecule has 1 fully saturated rings. The molecule has 0 unspecified atom stereocenters. The van der Waals surface area contributed by atoms with Gasteiger partial charge in [0.05, 0.1) is 18.2 Å². The van der Waals surface area contributed by atoms with Crippen molar-refractivity contribution in [3.05, 3.63) is 129 Å². The molecule has 9 nitrogen and oxygen atoms in total. The second kappa shape index (κ2) is 14.6. The Kier molecular flexibility index (Phi) is 9.80. The fourth-order valence-corrected chi connectivity index (χ4v) is 8.15. The number of fused-ring (bicyclic) bond motifs is 1. The normalized spacial score (nSPS) is 17.9. The number of hydrogen-bond donors (Lipinski definition) is 1. The molecule has 1 amide bonds. The van der Waals surface area contributed by atoms with Crippen LogP contribution in [-0.4, -0.2) is 39.7 Å². The SMILES string of the molecule is CCOc1cc([C@H]2C(=C(O)c3ccc4c(c3)C[C@@H](C)O4)C(=O)C(=O)N2c2nnc(SCc3ccccc3Cl)s2)ccc1OCc1ccccc1. The van der Waals surface area contributed by atoms with Gasteiger partial charge >= 0.3 is 5.91 Å². The van der Waals surface area contributed by atoms with Gasteiger partial charge in [0.2, 0.25) is 5.13 Å². The summed E-state index contributed by atoms with van der Waals surface area (Å²) in [7, 11) is 0. The predicted molar refractivity (Wildman–Crippen MR) is 194 cm³/mol. The minimum Gasteiger partial charge on any atom is -0.507 e. The van der Waals surface area contributed by atoms with Crippen molar-refractivity contribution in [3.8, 4) is 17.2 Å². The number of carbonyl (C=O) groups excluding carboxylic acids is 2. The Morgan fingerprint density at radius 2 is 1.80 bits per heavy atom. The lowest BCUT2D eigenvalue weighted by atomic mass is 9.94. The highest BCUT2D eigenvalue weighted by molar-refractivity contribution is 8.00. The summed E-state index contributed by atoms with van der Waals surface area (Å²) in [4.78, 5) is 29.1. The molecule has 2 atom stereocenters. The van der Waals surface area contributed by atoms with E-state index in [4.69, 9.17) is 25.8 Å². The first-order chi connectivity index (χ1) is 24.3. The van der Waals surface area contributed by atoms with E-state index in [9.17, 15) is 14.7 Å². The van der Waals surface area contributed by atoms with Crippen molar-refractivity contribution in [1.29, 1.82) is 0 Å². The Bertz CT molecular complexity index is 2100. The van der Waals surface area contributed by atoms with Crippen LogP contribution in [0.15, 0.2) is 101 Å². The number of ketones is 1. The molecule has 0 aliphatic carbocycles. The van der Waals surface area contributed by atoms with Crippen molar-refractivity contribution in [2.24, 2.45) is 0 Å². The molecule has 5 aromatic rings. The summed E-state index contributed by atoms with van der Waals surface area (Å²) in [5, 5.41) is 21.4. The third kappa shape index (κ3) is 6.81. The molecular weight excluding hydrogens is 694 g/mol. The van der Waals surface area contributed by atoms with Crippen LogP contribution in [0, 0.1) is 0 Å². The highest BCUT2D eigenvalue weighted by atomic mass is 35.5. The number of benzene rings is 4. The summed E-state index contributed by atoms with van der Waals surface area (Å²) < 4.78 is 18.6. The van der Waals surface area contributed by atoms with Crippen molar-refractivity contribution in [1.82, 2.24) is 10.2 Å². The van der Waals surface area contributed by atoms with Gasteiger partial charge in [-0.1, -0.05) is 89.3 Å². The van der Waals surface area contributed by atoms with Crippen LogP contribution >= 0.6 is 34.7 Å². The minimum absolute atomic E-state index is 0.00466. The van der Waals surface area contributed by atoms with E-state index in [0.29, 0.717) is 57.4 Å². The van der Waals surface area contributed by atoms with Crippen LogP contribution in [0.2, 0.25) is 5.02 Å². The number of aromatic nitrogens is 2. The van der Waals surface area contributed by atoms with E-state index < -0.39 is 17.7 Å². The molecule has 2 aliphatic heterocycles. The van der Waals surface area contributed by atoms with Crippen LogP contribution in [0.3, 0.4) is 0 Å². The number of aliphatic hydroxyl groups is 1. The Hall–Kier alpha value is -4.84. The third-order valence-electron chi connectivity index (χ3n) is 8.35. The summed E-state index contributed by atoms with van der Waals surface area (Å²) in [6.45, 7) is 4.50. The van der Waals surface area contributed by atoms with Crippen molar-refractivity contribution in [2.75, 3.05) is 11.5 Å². The van der Waals surface area contributed by atoms with Crippen molar-refractivity contribution >= 4 is 57.3 Å². The molecule has 0 bridgehead atoms. The topological polar surface area (TPSA) is 111 Å². The standard InChI is InChI=1S/C38H32ClN3O6S2/c1-3-46-31-19-24(13-16-30(31)47-20-23-9-5-4-6-10-23)33-32(34(43)25-14-15-29-27(18-25)17-22(2)48-29)35(44)36(45)42(33)37-40-41-38(50-37)49-21-26-11-7-8-12-28(26)39/h4-16,18-19,22,33,43H,3,17,20-21H2,1-2H3/t22-,33+/m1/s1. The average Bonchev–Trinajstić information content (AvgIpc) is 3.82.